The number of amides is 1. The van der Waals surface area contributed by atoms with Gasteiger partial charge in [0.1, 0.15) is 11.6 Å². The van der Waals surface area contributed by atoms with Crippen molar-refractivity contribution in [3.8, 4) is 17.1 Å². The molecular formula is C21H17FN4OS. The van der Waals surface area contributed by atoms with Crippen molar-refractivity contribution in [3.05, 3.63) is 82.6 Å². The van der Waals surface area contributed by atoms with Gasteiger partial charge >= 0.3 is 0 Å². The molecule has 5 nitrogen and oxygen atoms in total. The van der Waals surface area contributed by atoms with Crippen LogP contribution >= 0.6 is 11.3 Å². The highest BCUT2D eigenvalue weighted by Crippen LogP contribution is 2.23. The molecule has 0 atom stereocenters. The SMILES string of the molecule is Cc1nc(-c2cccc(F)c2)n(-c2ccc(NC(=O)Cc3cccs3)cc2)n1. The fraction of sp³-hybridized carbons (Fsp3) is 0.0952. The summed E-state index contributed by atoms with van der Waals surface area (Å²) in [4.78, 5) is 17.6. The van der Waals surface area contributed by atoms with E-state index in [9.17, 15) is 9.18 Å². The molecule has 1 amide bonds. The van der Waals surface area contributed by atoms with Crippen LogP contribution in [0.4, 0.5) is 10.1 Å². The van der Waals surface area contributed by atoms with Crippen LogP contribution in [0.1, 0.15) is 10.7 Å². The molecule has 7 heteroatoms. The van der Waals surface area contributed by atoms with Crippen molar-refractivity contribution < 1.29 is 9.18 Å². The Balaban J connectivity index is 1.55. The van der Waals surface area contributed by atoms with Gasteiger partial charge in [0.15, 0.2) is 5.82 Å². The van der Waals surface area contributed by atoms with Gasteiger partial charge in [-0.25, -0.2) is 14.1 Å². The molecule has 0 aliphatic rings. The molecule has 0 aliphatic heterocycles. The number of thiophene rings is 1. The summed E-state index contributed by atoms with van der Waals surface area (Å²) in [6.45, 7) is 1.79. The Kier molecular flexibility index (Phi) is 4.99. The summed E-state index contributed by atoms with van der Waals surface area (Å²) < 4.78 is 15.3. The summed E-state index contributed by atoms with van der Waals surface area (Å²) in [5.74, 6) is 0.764. The van der Waals surface area contributed by atoms with Crippen molar-refractivity contribution in [3.63, 3.8) is 0 Å². The maximum absolute atomic E-state index is 13.6. The third-order valence-corrected chi connectivity index (χ3v) is 4.98. The molecule has 2 aromatic heterocycles. The van der Waals surface area contributed by atoms with Crippen LogP contribution in [0, 0.1) is 12.7 Å². The number of nitrogens with one attached hydrogen (secondary N) is 1. The molecule has 28 heavy (non-hydrogen) atoms. The van der Waals surface area contributed by atoms with Gasteiger partial charge in [0.25, 0.3) is 0 Å². The van der Waals surface area contributed by atoms with Gasteiger partial charge in [-0.3, -0.25) is 4.79 Å². The number of anilines is 1. The van der Waals surface area contributed by atoms with Gasteiger partial charge in [-0.1, -0.05) is 18.2 Å². The number of nitrogens with zero attached hydrogens (tertiary/aromatic N) is 3. The minimum Gasteiger partial charge on any atom is -0.326 e. The van der Waals surface area contributed by atoms with E-state index in [1.54, 1.807) is 35.1 Å². The number of benzene rings is 2. The van der Waals surface area contributed by atoms with Crippen molar-refractivity contribution in [1.82, 2.24) is 14.8 Å². The lowest BCUT2D eigenvalue weighted by Gasteiger charge is -2.08. The Morgan fingerprint density at radius 1 is 1.14 bits per heavy atom. The minimum absolute atomic E-state index is 0.0627. The molecule has 0 saturated heterocycles. The average molecular weight is 392 g/mol. The number of rotatable bonds is 5. The number of hydrogen-bond acceptors (Lipinski definition) is 4. The molecule has 0 fully saturated rings. The van der Waals surface area contributed by atoms with Crippen molar-refractivity contribution >= 4 is 22.9 Å². The topological polar surface area (TPSA) is 59.8 Å². The fourth-order valence-corrected chi connectivity index (χ4v) is 3.58. The zero-order chi connectivity index (χ0) is 19.5. The summed E-state index contributed by atoms with van der Waals surface area (Å²) >= 11 is 1.56. The molecule has 1 N–H and O–H groups in total. The van der Waals surface area contributed by atoms with Gasteiger partial charge in [0.2, 0.25) is 5.91 Å². The summed E-state index contributed by atoms with van der Waals surface area (Å²) in [7, 11) is 0. The van der Waals surface area contributed by atoms with Crippen molar-refractivity contribution in [2.24, 2.45) is 0 Å². The lowest BCUT2D eigenvalue weighted by Crippen LogP contribution is -2.13. The molecule has 4 aromatic rings. The standard InChI is InChI=1S/C21H17FN4OS/c1-14-23-21(15-4-2-5-16(22)12-15)26(25-14)18-9-7-17(8-10-18)24-20(27)13-19-6-3-11-28-19/h2-12H,13H2,1H3,(H,24,27). The molecule has 0 aliphatic carbocycles. The molecule has 0 spiro atoms. The molecule has 0 saturated carbocycles. The van der Waals surface area contributed by atoms with E-state index < -0.39 is 0 Å². The highest BCUT2D eigenvalue weighted by molar-refractivity contribution is 7.10. The van der Waals surface area contributed by atoms with Crippen LogP contribution < -0.4 is 5.32 Å². The fourth-order valence-electron chi connectivity index (χ4n) is 2.87. The van der Waals surface area contributed by atoms with E-state index in [4.69, 9.17) is 0 Å². The van der Waals surface area contributed by atoms with E-state index >= 15 is 0 Å². The summed E-state index contributed by atoms with van der Waals surface area (Å²) in [6.07, 6.45) is 0.353. The smallest absolute Gasteiger partial charge is 0.229 e. The van der Waals surface area contributed by atoms with Crippen molar-refractivity contribution in [2.45, 2.75) is 13.3 Å². The van der Waals surface area contributed by atoms with E-state index in [-0.39, 0.29) is 11.7 Å². The number of hydrogen-bond donors (Lipinski definition) is 1. The lowest BCUT2D eigenvalue weighted by atomic mass is 10.2. The van der Waals surface area contributed by atoms with Crippen LogP contribution in [-0.4, -0.2) is 20.7 Å². The summed E-state index contributed by atoms with van der Waals surface area (Å²) in [6, 6.07) is 17.4. The first-order chi connectivity index (χ1) is 13.6. The van der Waals surface area contributed by atoms with Gasteiger partial charge in [0, 0.05) is 16.1 Å². The van der Waals surface area contributed by atoms with Gasteiger partial charge in [-0.2, -0.15) is 5.10 Å². The zero-order valence-electron chi connectivity index (χ0n) is 15.1. The molecule has 0 unspecified atom stereocenters. The molecule has 4 rings (SSSR count). The van der Waals surface area contributed by atoms with E-state index in [2.05, 4.69) is 15.4 Å². The summed E-state index contributed by atoms with van der Waals surface area (Å²) in [5.41, 5.74) is 2.12. The van der Waals surface area contributed by atoms with Crippen molar-refractivity contribution in [2.75, 3.05) is 5.32 Å². The third-order valence-electron chi connectivity index (χ3n) is 4.11. The quantitative estimate of drug-likeness (QED) is 0.539. The number of carbonyl (C=O) groups excluding carboxylic acids is 1. The molecule has 140 valence electrons. The van der Waals surface area contributed by atoms with E-state index in [0.717, 1.165) is 10.6 Å². The first-order valence-corrected chi connectivity index (χ1v) is 9.59. The number of carbonyl (C=O) groups is 1. The first kappa shape index (κ1) is 18.1. The number of halogens is 1. The van der Waals surface area contributed by atoms with Crippen LogP contribution in [0.3, 0.4) is 0 Å². The lowest BCUT2D eigenvalue weighted by molar-refractivity contribution is -0.115. The average Bonchev–Trinajstić information content (AvgIpc) is 3.32. The van der Waals surface area contributed by atoms with E-state index in [1.165, 1.54) is 12.1 Å². The molecule has 2 aromatic carbocycles. The summed E-state index contributed by atoms with van der Waals surface area (Å²) in [5, 5.41) is 9.27. The van der Waals surface area contributed by atoms with Crippen LogP contribution in [0.2, 0.25) is 0 Å². The second-order valence-electron chi connectivity index (χ2n) is 6.26. The van der Waals surface area contributed by atoms with Gasteiger partial charge in [0.05, 0.1) is 12.1 Å². The number of aryl methyl sites for hydroxylation is 1. The highest BCUT2D eigenvalue weighted by atomic mass is 32.1. The van der Waals surface area contributed by atoms with Crippen LogP contribution in [0.15, 0.2) is 66.0 Å². The molecule has 2 heterocycles. The highest BCUT2D eigenvalue weighted by Gasteiger charge is 2.13. The van der Waals surface area contributed by atoms with E-state index in [1.807, 2.05) is 41.8 Å². The predicted octanol–water partition coefficient (Wildman–Crippen LogP) is 4.62. The van der Waals surface area contributed by atoms with Crippen molar-refractivity contribution in [1.29, 1.82) is 0 Å². The second kappa shape index (κ2) is 7.74. The number of aromatic nitrogens is 3. The van der Waals surface area contributed by atoms with Gasteiger partial charge in [-0.05, 0) is 54.8 Å². The Labute approximate surface area is 165 Å². The molecular weight excluding hydrogens is 375 g/mol. The maximum Gasteiger partial charge on any atom is 0.229 e. The second-order valence-corrected chi connectivity index (χ2v) is 7.29. The Morgan fingerprint density at radius 3 is 2.68 bits per heavy atom. The van der Waals surface area contributed by atoms with Gasteiger partial charge in [-0.15, -0.1) is 11.3 Å². The minimum atomic E-state index is -0.325. The first-order valence-electron chi connectivity index (χ1n) is 8.71. The largest absolute Gasteiger partial charge is 0.326 e. The van der Waals surface area contributed by atoms with Crippen LogP contribution in [0.5, 0.6) is 0 Å². The van der Waals surface area contributed by atoms with E-state index in [0.29, 0.717) is 29.3 Å². The Morgan fingerprint density at radius 2 is 1.96 bits per heavy atom. The predicted molar refractivity (Wildman–Crippen MR) is 108 cm³/mol. The van der Waals surface area contributed by atoms with Crippen LogP contribution in [0.25, 0.3) is 17.1 Å². The molecule has 0 bridgehead atoms. The monoisotopic (exact) mass is 392 g/mol. The van der Waals surface area contributed by atoms with Crippen LogP contribution in [-0.2, 0) is 11.2 Å². The van der Waals surface area contributed by atoms with Gasteiger partial charge < -0.3 is 5.32 Å². The maximum atomic E-state index is 13.6. The Bertz CT molecular complexity index is 1100. The molecule has 0 radical (unpaired) electrons. The zero-order valence-corrected chi connectivity index (χ0v) is 15.9. The normalized spacial score (nSPS) is 10.8. The Hall–Kier alpha value is -3.32. The third kappa shape index (κ3) is 3.99.